The predicted octanol–water partition coefficient (Wildman–Crippen LogP) is 4.66. The SMILES string of the molecule is CC1CCC(Cn2c(=S)[nH]c3cc(F)ccc32)CC1. The van der Waals surface area contributed by atoms with Crippen molar-refractivity contribution in [3.63, 3.8) is 0 Å². The molecule has 0 amide bonds. The maximum Gasteiger partial charge on any atom is 0.178 e. The van der Waals surface area contributed by atoms with Crippen LogP contribution in [0.25, 0.3) is 11.0 Å². The summed E-state index contributed by atoms with van der Waals surface area (Å²) in [7, 11) is 0. The molecule has 0 unspecified atom stereocenters. The van der Waals surface area contributed by atoms with E-state index in [9.17, 15) is 4.39 Å². The van der Waals surface area contributed by atoms with Crippen LogP contribution < -0.4 is 0 Å². The second kappa shape index (κ2) is 5.08. The van der Waals surface area contributed by atoms with Gasteiger partial charge >= 0.3 is 0 Å². The van der Waals surface area contributed by atoms with Gasteiger partial charge in [-0.25, -0.2) is 4.39 Å². The van der Waals surface area contributed by atoms with Gasteiger partial charge in [0, 0.05) is 6.54 Å². The normalized spacial score (nSPS) is 23.9. The number of nitrogens with one attached hydrogen (secondary N) is 1. The van der Waals surface area contributed by atoms with E-state index in [4.69, 9.17) is 12.2 Å². The number of benzene rings is 1. The summed E-state index contributed by atoms with van der Waals surface area (Å²) >= 11 is 5.37. The Labute approximate surface area is 117 Å². The largest absolute Gasteiger partial charge is 0.330 e. The van der Waals surface area contributed by atoms with Crippen molar-refractivity contribution in [3.05, 3.63) is 28.8 Å². The third-order valence-electron chi connectivity index (χ3n) is 4.31. The van der Waals surface area contributed by atoms with Gasteiger partial charge in [0.1, 0.15) is 5.82 Å². The van der Waals surface area contributed by atoms with Crippen molar-refractivity contribution < 1.29 is 4.39 Å². The van der Waals surface area contributed by atoms with Gasteiger partial charge in [-0.05, 0) is 55.1 Å². The van der Waals surface area contributed by atoms with Gasteiger partial charge in [0.05, 0.1) is 11.0 Å². The number of imidazole rings is 1. The molecular weight excluding hydrogens is 259 g/mol. The van der Waals surface area contributed by atoms with E-state index in [1.54, 1.807) is 0 Å². The van der Waals surface area contributed by atoms with Crippen LogP contribution in [0.2, 0.25) is 0 Å². The first kappa shape index (κ1) is 12.9. The quantitative estimate of drug-likeness (QED) is 0.792. The second-order valence-electron chi connectivity index (χ2n) is 5.83. The number of aromatic nitrogens is 2. The average molecular weight is 278 g/mol. The monoisotopic (exact) mass is 278 g/mol. The molecule has 0 bridgehead atoms. The first-order valence-electron chi connectivity index (χ1n) is 7.01. The number of aromatic amines is 1. The van der Waals surface area contributed by atoms with Gasteiger partial charge < -0.3 is 9.55 Å². The van der Waals surface area contributed by atoms with Gasteiger partial charge in [0.2, 0.25) is 0 Å². The zero-order valence-electron chi connectivity index (χ0n) is 11.2. The van der Waals surface area contributed by atoms with Crippen LogP contribution in [0.5, 0.6) is 0 Å². The molecule has 0 spiro atoms. The Morgan fingerprint density at radius 2 is 2.05 bits per heavy atom. The van der Waals surface area contributed by atoms with Crippen LogP contribution in [0.4, 0.5) is 4.39 Å². The van der Waals surface area contributed by atoms with E-state index in [1.165, 1.54) is 37.8 Å². The van der Waals surface area contributed by atoms with Crippen LogP contribution in [-0.2, 0) is 6.54 Å². The summed E-state index contributed by atoms with van der Waals surface area (Å²) < 4.78 is 16.1. The molecule has 2 aromatic rings. The molecule has 4 heteroatoms. The first-order valence-corrected chi connectivity index (χ1v) is 7.42. The lowest BCUT2D eigenvalue weighted by atomic mass is 9.83. The van der Waals surface area contributed by atoms with Crippen LogP contribution in [0.1, 0.15) is 32.6 Å². The molecule has 1 fully saturated rings. The molecule has 1 aromatic carbocycles. The number of halogens is 1. The van der Waals surface area contributed by atoms with E-state index in [2.05, 4.69) is 16.5 Å². The third kappa shape index (κ3) is 2.59. The fourth-order valence-corrected chi connectivity index (χ4v) is 3.37. The first-order chi connectivity index (χ1) is 9.13. The minimum Gasteiger partial charge on any atom is -0.330 e. The Morgan fingerprint density at radius 3 is 2.79 bits per heavy atom. The lowest BCUT2D eigenvalue weighted by Crippen LogP contribution is -2.17. The summed E-state index contributed by atoms with van der Waals surface area (Å²) in [6, 6.07) is 4.84. The molecule has 1 aliphatic carbocycles. The van der Waals surface area contributed by atoms with Crippen molar-refractivity contribution in [2.24, 2.45) is 11.8 Å². The Morgan fingerprint density at radius 1 is 1.32 bits per heavy atom. The molecule has 0 atom stereocenters. The van der Waals surface area contributed by atoms with Crippen molar-refractivity contribution in [3.8, 4) is 0 Å². The van der Waals surface area contributed by atoms with Gasteiger partial charge in [-0.1, -0.05) is 19.8 Å². The molecule has 1 aliphatic rings. The molecule has 1 saturated carbocycles. The topological polar surface area (TPSA) is 20.7 Å². The Balaban J connectivity index is 1.88. The highest BCUT2D eigenvalue weighted by molar-refractivity contribution is 7.71. The van der Waals surface area contributed by atoms with Crippen molar-refractivity contribution in [1.29, 1.82) is 0 Å². The van der Waals surface area contributed by atoms with Crippen LogP contribution in [-0.4, -0.2) is 9.55 Å². The molecule has 0 saturated heterocycles. The standard InChI is InChI=1S/C15H19FN2S/c1-10-2-4-11(5-3-10)9-18-14-7-6-12(16)8-13(14)17-15(18)19/h6-8,10-11H,2-5,9H2,1H3,(H,17,19). The van der Waals surface area contributed by atoms with Crippen molar-refractivity contribution in [2.75, 3.05) is 0 Å². The fraction of sp³-hybridized carbons (Fsp3) is 0.533. The number of hydrogen-bond acceptors (Lipinski definition) is 1. The molecule has 19 heavy (non-hydrogen) atoms. The molecule has 0 radical (unpaired) electrons. The third-order valence-corrected chi connectivity index (χ3v) is 4.63. The van der Waals surface area contributed by atoms with E-state index in [0.29, 0.717) is 10.7 Å². The Kier molecular flexibility index (Phi) is 3.44. The summed E-state index contributed by atoms with van der Waals surface area (Å²) in [6.45, 7) is 3.29. The summed E-state index contributed by atoms with van der Waals surface area (Å²) in [6.07, 6.45) is 5.18. The lowest BCUT2D eigenvalue weighted by Gasteiger charge is -2.26. The summed E-state index contributed by atoms with van der Waals surface area (Å²) in [5.41, 5.74) is 1.82. The van der Waals surface area contributed by atoms with Crippen LogP contribution in [0.15, 0.2) is 18.2 Å². The van der Waals surface area contributed by atoms with Crippen molar-refractivity contribution in [1.82, 2.24) is 9.55 Å². The van der Waals surface area contributed by atoms with Gasteiger partial charge in [-0.3, -0.25) is 0 Å². The second-order valence-corrected chi connectivity index (χ2v) is 6.21. The number of H-pyrrole nitrogens is 1. The minimum atomic E-state index is -0.220. The van der Waals surface area contributed by atoms with Crippen molar-refractivity contribution in [2.45, 2.75) is 39.2 Å². The highest BCUT2D eigenvalue weighted by Crippen LogP contribution is 2.30. The number of nitrogens with zero attached hydrogens (tertiary/aromatic N) is 1. The highest BCUT2D eigenvalue weighted by atomic mass is 32.1. The van der Waals surface area contributed by atoms with Gasteiger partial charge in [-0.15, -0.1) is 0 Å². The van der Waals surface area contributed by atoms with Crippen LogP contribution in [0, 0.1) is 22.4 Å². The fourth-order valence-electron chi connectivity index (χ4n) is 3.09. The van der Waals surface area contributed by atoms with E-state index in [-0.39, 0.29) is 5.82 Å². The zero-order valence-corrected chi connectivity index (χ0v) is 12.0. The summed E-state index contributed by atoms with van der Waals surface area (Å²) in [5.74, 6) is 1.34. The number of hydrogen-bond donors (Lipinski definition) is 1. The molecule has 1 N–H and O–H groups in total. The molecule has 1 heterocycles. The average Bonchev–Trinajstić information content (AvgIpc) is 2.68. The predicted molar refractivity (Wildman–Crippen MR) is 78.2 cm³/mol. The molecule has 1 aromatic heterocycles. The summed E-state index contributed by atoms with van der Waals surface area (Å²) in [4.78, 5) is 3.10. The molecule has 0 aliphatic heterocycles. The van der Waals surface area contributed by atoms with Gasteiger partial charge in [0.15, 0.2) is 4.77 Å². The summed E-state index contributed by atoms with van der Waals surface area (Å²) in [5, 5.41) is 0. The molecule has 102 valence electrons. The van der Waals surface area contributed by atoms with E-state index in [1.807, 2.05) is 6.07 Å². The van der Waals surface area contributed by atoms with Crippen LogP contribution >= 0.6 is 12.2 Å². The van der Waals surface area contributed by atoms with Crippen molar-refractivity contribution >= 4 is 23.3 Å². The molecular formula is C15H19FN2S. The highest BCUT2D eigenvalue weighted by Gasteiger charge is 2.19. The number of fused-ring (bicyclic) bond motifs is 1. The zero-order chi connectivity index (χ0) is 13.4. The van der Waals surface area contributed by atoms with E-state index < -0.39 is 0 Å². The molecule has 2 nitrogen and oxygen atoms in total. The minimum absolute atomic E-state index is 0.220. The van der Waals surface area contributed by atoms with Gasteiger partial charge in [-0.2, -0.15) is 0 Å². The van der Waals surface area contributed by atoms with E-state index in [0.717, 1.165) is 23.5 Å². The van der Waals surface area contributed by atoms with Crippen LogP contribution in [0.3, 0.4) is 0 Å². The maximum absolute atomic E-state index is 13.2. The van der Waals surface area contributed by atoms with Gasteiger partial charge in [0.25, 0.3) is 0 Å². The van der Waals surface area contributed by atoms with E-state index >= 15 is 0 Å². The maximum atomic E-state index is 13.2. The Hall–Kier alpha value is -1.16. The number of rotatable bonds is 2. The lowest BCUT2D eigenvalue weighted by molar-refractivity contribution is 0.266. The molecule has 3 rings (SSSR count). The smallest absolute Gasteiger partial charge is 0.178 e. The Bertz CT molecular complexity index is 635.